The standard InChI is InChI=1S/C10H22N2O4/c11-4-2-1-3-9(10(15)16)12(5-7-13)6-8-14/h9,13-14H,1-8,11H2,(H,15,16). The van der Waals surface area contributed by atoms with Crippen LogP contribution in [0.1, 0.15) is 19.3 Å². The Balaban J connectivity index is 4.26. The van der Waals surface area contributed by atoms with Gasteiger partial charge in [0.2, 0.25) is 0 Å². The first-order valence-corrected chi connectivity index (χ1v) is 5.56. The fourth-order valence-electron chi connectivity index (χ4n) is 1.62. The van der Waals surface area contributed by atoms with Crippen molar-refractivity contribution in [2.45, 2.75) is 25.3 Å². The number of hydrogen-bond donors (Lipinski definition) is 4. The quantitative estimate of drug-likeness (QED) is 0.356. The van der Waals surface area contributed by atoms with E-state index in [1.807, 2.05) is 0 Å². The van der Waals surface area contributed by atoms with E-state index in [1.165, 1.54) is 0 Å². The molecule has 96 valence electrons. The number of carbonyl (C=O) groups is 1. The van der Waals surface area contributed by atoms with E-state index >= 15 is 0 Å². The maximum atomic E-state index is 11.0. The summed E-state index contributed by atoms with van der Waals surface area (Å²) >= 11 is 0. The lowest BCUT2D eigenvalue weighted by Gasteiger charge is -2.27. The summed E-state index contributed by atoms with van der Waals surface area (Å²) < 4.78 is 0. The second-order valence-electron chi connectivity index (χ2n) is 3.62. The molecule has 0 saturated heterocycles. The molecule has 0 aromatic heterocycles. The lowest BCUT2D eigenvalue weighted by molar-refractivity contribution is -0.144. The molecule has 0 aromatic rings. The van der Waals surface area contributed by atoms with E-state index in [4.69, 9.17) is 21.1 Å². The molecule has 0 aliphatic rings. The number of nitrogens with zero attached hydrogens (tertiary/aromatic N) is 1. The monoisotopic (exact) mass is 234 g/mol. The van der Waals surface area contributed by atoms with Gasteiger partial charge >= 0.3 is 5.97 Å². The highest BCUT2D eigenvalue weighted by Gasteiger charge is 2.23. The van der Waals surface area contributed by atoms with E-state index in [0.717, 1.165) is 12.8 Å². The van der Waals surface area contributed by atoms with E-state index in [9.17, 15) is 4.79 Å². The van der Waals surface area contributed by atoms with E-state index in [-0.39, 0.29) is 26.3 Å². The SMILES string of the molecule is NCCCCC(C(=O)O)N(CCO)CCO. The summed E-state index contributed by atoms with van der Waals surface area (Å²) in [5.41, 5.74) is 5.34. The van der Waals surface area contributed by atoms with E-state index in [1.54, 1.807) is 4.90 Å². The lowest BCUT2D eigenvalue weighted by atomic mass is 10.1. The maximum Gasteiger partial charge on any atom is 0.320 e. The van der Waals surface area contributed by atoms with Gasteiger partial charge < -0.3 is 21.1 Å². The van der Waals surface area contributed by atoms with Crippen LogP contribution in [-0.2, 0) is 4.79 Å². The smallest absolute Gasteiger partial charge is 0.320 e. The van der Waals surface area contributed by atoms with Crippen molar-refractivity contribution < 1.29 is 20.1 Å². The van der Waals surface area contributed by atoms with Crippen LogP contribution in [0.2, 0.25) is 0 Å². The average Bonchev–Trinajstić information content (AvgIpc) is 2.24. The molecule has 0 radical (unpaired) electrons. The molecule has 0 heterocycles. The van der Waals surface area contributed by atoms with E-state index in [2.05, 4.69) is 0 Å². The van der Waals surface area contributed by atoms with Gasteiger partial charge in [0.1, 0.15) is 6.04 Å². The number of rotatable bonds is 10. The second kappa shape index (κ2) is 9.53. The molecule has 1 atom stereocenters. The molecular formula is C10H22N2O4. The molecule has 0 fully saturated rings. The van der Waals surface area contributed by atoms with E-state index in [0.29, 0.717) is 13.0 Å². The summed E-state index contributed by atoms with van der Waals surface area (Å²) in [6, 6.07) is -0.647. The summed E-state index contributed by atoms with van der Waals surface area (Å²) in [4.78, 5) is 12.6. The summed E-state index contributed by atoms with van der Waals surface area (Å²) in [6.45, 7) is 0.855. The molecule has 0 aromatic carbocycles. The molecule has 1 unspecified atom stereocenters. The maximum absolute atomic E-state index is 11.0. The Kier molecular flexibility index (Phi) is 9.12. The lowest BCUT2D eigenvalue weighted by Crippen LogP contribution is -2.44. The normalized spacial score (nSPS) is 13.0. The van der Waals surface area contributed by atoms with Gasteiger partial charge in [-0.05, 0) is 19.4 Å². The van der Waals surface area contributed by atoms with Gasteiger partial charge in [-0.1, -0.05) is 6.42 Å². The fourth-order valence-corrected chi connectivity index (χ4v) is 1.62. The first-order chi connectivity index (χ1) is 7.67. The topological polar surface area (TPSA) is 107 Å². The number of nitrogens with two attached hydrogens (primary N) is 1. The van der Waals surface area contributed by atoms with Gasteiger partial charge in [-0.3, -0.25) is 9.69 Å². The summed E-state index contributed by atoms with van der Waals surface area (Å²) in [7, 11) is 0. The Morgan fingerprint density at radius 1 is 1.19 bits per heavy atom. The van der Waals surface area contributed by atoms with Crippen LogP contribution >= 0.6 is 0 Å². The molecule has 6 heteroatoms. The van der Waals surface area contributed by atoms with Crippen LogP contribution in [-0.4, -0.2) is 65.1 Å². The third-order valence-corrected chi connectivity index (χ3v) is 2.43. The minimum Gasteiger partial charge on any atom is -0.480 e. The highest BCUT2D eigenvalue weighted by Crippen LogP contribution is 2.08. The molecule has 16 heavy (non-hydrogen) atoms. The molecule has 0 bridgehead atoms. The van der Waals surface area contributed by atoms with Crippen molar-refractivity contribution >= 4 is 5.97 Å². The first-order valence-electron chi connectivity index (χ1n) is 5.56. The average molecular weight is 234 g/mol. The Hall–Kier alpha value is -0.690. The van der Waals surface area contributed by atoms with Crippen molar-refractivity contribution in [1.29, 1.82) is 0 Å². The van der Waals surface area contributed by atoms with E-state index < -0.39 is 12.0 Å². The minimum atomic E-state index is -0.918. The van der Waals surface area contributed by atoms with Gasteiger partial charge in [-0.25, -0.2) is 0 Å². The highest BCUT2D eigenvalue weighted by molar-refractivity contribution is 5.73. The number of aliphatic hydroxyl groups excluding tert-OH is 2. The highest BCUT2D eigenvalue weighted by atomic mass is 16.4. The predicted molar refractivity (Wildman–Crippen MR) is 60.1 cm³/mol. The number of carboxylic acids is 1. The van der Waals surface area contributed by atoms with Gasteiger partial charge in [0, 0.05) is 13.1 Å². The van der Waals surface area contributed by atoms with Gasteiger partial charge in [-0.2, -0.15) is 0 Å². The van der Waals surface area contributed by atoms with Crippen molar-refractivity contribution in [2.24, 2.45) is 5.73 Å². The molecule has 0 aliphatic heterocycles. The number of aliphatic carboxylic acids is 1. The summed E-state index contributed by atoms with van der Waals surface area (Å²) in [5.74, 6) is -0.918. The number of hydrogen-bond acceptors (Lipinski definition) is 5. The third kappa shape index (κ3) is 6.02. The van der Waals surface area contributed by atoms with Crippen molar-refractivity contribution in [3.63, 3.8) is 0 Å². The second-order valence-corrected chi connectivity index (χ2v) is 3.62. The zero-order chi connectivity index (χ0) is 12.4. The zero-order valence-corrected chi connectivity index (χ0v) is 9.51. The summed E-state index contributed by atoms with van der Waals surface area (Å²) in [6.07, 6.45) is 2.02. The Bertz CT molecular complexity index is 184. The molecule has 0 aliphatic carbocycles. The van der Waals surface area contributed by atoms with Gasteiger partial charge in [0.15, 0.2) is 0 Å². The Labute approximate surface area is 95.7 Å². The van der Waals surface area contributed by atoms with Crippen LogP contribution in [0.15, 0.2) is 0 Å². The van der Waals surface area contributed by atoms with Gasteiger partial charge in [-0.15, -0.1) is 0 Å². The van der Waals surface area contributed by atoms with Crippen molar-refractivity contribution in [1.82, 2.24) is 4.90 Å². The van der Waals surface area contributed by atoms with Crippen molar-refractivity contribution in [3.8, 4) is 0 Å². The predicted octanol–water partition coefficient (Wildman–Crippen LogP) is -1.14. The largest absolute Gasteiger partial charge is 0.480 e. The van der Waals surface area contributed by atoms with Crippen molar-refractivity contribution in [2.75, 3.05) is 32.8 Å². The first kappa shape index (κ1) is 15.3. The van der Waals surface area contributed by atoms with Crippen molar-refractivity contribution in [3.05, 3.63) is 0 Å². The fraction of sp³-hybridized carbons (Fsp3) is 0.900. The zero-order valence-electron chi connectivity index (χ0n) is 9.51. The van der Waals surface area contributed by atoms with Gasteiger partial charge in [0.05, 0.1) is 13.2 Å². The number of carboxylic acid groups (broad SMARTS) is 1. The van der Waals surface area contributed by atoms with Crippen LogP contribution in [0.25, 0.3) is 0 Å². The Morgan fingerprint density at radius 3 is 2.12 bits per heavy atom. The molecule has 5 N–H and O–H groups in total. The molecule has 0 saturated carbocycles. The van der Waals surface area contributed by atoms with Crippen LogP contribution in [0.4, 0.5) is 0 Å². The minimum absolute atomic E-state index is 0.110. The van der Waals surface area contributed by atoms with Gasteiger partial charge in [0.25, 0.3) is 0 Å². The molecule has 0 spiro atoms. The summed E-state index contributed by atoms with van der Waals surface area (Å²) in [5, 5.41) is 26.7. The molecular weight excluding hydrogens is 212 g/mol. The Morgan fingerprint density at radius 2 is 1.75 bits per heavy atom. The number of aliphatic hydroxyl groups is 2. The van der Waals surface area contributed by atoms with Crippen LogP contribution in [0, 0.1) is 0 Å². The van der Waals surface area contributed by atoms with Crippen LogP contribution in [0.3, 0.4) is 0 Å². The molecule has 0 amide bonds. The molecule has 0 rings (SSSR count). The van der Waals surface area contributed by atoms with Crippen LogP contribution < -0.4 is 5.73 Å². The molecule has 6 nitrogen and oxygen atoms in total. The number of unbranched alkanes of at least 4 members (excludes halogenated alkanes) is 1. The third-order valence-electron chi connectivity index (χ3n) is 2.43. The van der Waals surface area contributed by atoms with Crippen LogP contribution in [0.5, 0.6) is 0 Å².